The Labute approximate surface area is 106 Å². The van der Waals surface area contributed by atoms with Crippen molar-refractivity contribution in [3.8, 4) is 0 Å². The molecule has 2 unspecified atom stereocenters. The average molecular weight is 272 g/mol. The molecule has 0 radical (unpaired) electrons. The number of nitrogens with two attached hydrogens (primary N) is 1. The van der Waals surface area contributed by atoms with Crippen molar-refractivity contribution in [3.63, 3.8) is 0 Å². The van der Waals surface area contributed by atoms with E-state index in [4.69, 9.17) is 5.73 Å². The highest BCUT2D eigenvalue weighted by molar-refractivity contribution is 7.89. The number of sulfonamides is 1. The number of halogens is 1. The molecule has 0 aromatic heterocycles. The summed E-state index contributed by atoms with van der Waals surface area (Å²) in [6, 6.07) is 3.27. The Bertz CT molecular complexity index is 545. The molecule has 1 aromatic rings. The van der Waals surface area contributed by atoms with Gasteiger partial charge >= 0.3 is 0 Å². The molecule has 0 saturated heterocycles. The van der Waals surface area contributed by atoms with E-state index in [9.17, 15) is 12.8 Å². The Morgan fingerprint density at radius 1 is 1.39 bits per heavy atom. The molecule has 1 aromatic carbocycles. The summed E-state index contributed by atoms with van der Waals surface area (Å²) < 4.78 is 39.9. The van der Waals surface area contributed by atoms with E-state index in [-0.39, 0.29) is 16.6 Å². The van der Waals surface area contributed by atoms with Gasteiger partial charge in [0.2, 0.25) is 10.0 Å². The van der Waals surface area contributed by atoms with Gasteiger partial charge in [-0.2, -0.15) is 0 Å². The fourth-order valence-corrected chi connectivity index (χ4v) is 3.84. The maximum Gasteiger partial charge on any atom is 0.242 e. The Morgan fingerprint density at radius 3 is 2.67 bits per heavy atom. The highest BCUT2D eigenvalue weighted by Gasteiger charge is 2.29. The molecule has 2 rings (SSSR count). The van der Waals surface area contributed by atoms with E-state index in [2.05, 4.69) is 4.72 Å². The molecular formula is C12H17FN2O2S. The van der Waals surface area contributed by atoms with Crippen LogP contribution in [0.1, 0.15) is 26.2 Å². The zero-order chi connectivity index (χ0) is 13.3. The zero-order valence-corrected chi connectivity index (χ0v) is 11.0. The highest BCUT2D eigenvalue weighted by atomic mass is 32.2. The number of nitrogens with one attached hydrogen (secondary N) is 1. The summed E-state index contributed by atoms with van der Waals surface area (Å²) in [4.78, 5) is -0.0528. The number of benzene rings is 1. The van der Waals surface area contributed by atoms with Crippen LogP contribution in [0.15, 0.2) is 23.1 Å². The van der Waals surface area contributed by atoms with Crippen LogP contribution in [0.25, 0.3) is 0 Å². The number of rotatable bonds is 3. The summed E-state index contributed by atoms with van der Waals surface area (Å²) in [6.45, 7) is 2.02. The van der Waals surface area contributed by atoms with Crippen molar-refractivity contribution in [2.24, 2.45) is 5.92 Å². The Morgan fingerprint density at radius 2 is 2.11 bits per heavy atom. The molecule has 18 heavy (non-hydrogen) atoms. The van der Waals surface area contributed by atoms with Crippen LogP contribution >= 0.6 is 0 Å². The van der Waals surface area contributed by atoms with Crippen molar-refractivity contribution in [2.75, 3.05) is 5.73 Å². The van der Waals surface area contributed by atoms with Gasteiger partial charge in [-0.25, -0.2) is 17.5 Å². The van der Waals surface area contributed by atoms with E-state index < -0.39 is 15.8 Å². The normalized spacial score (nSPS) is 24.3. The average Bonchev–Trinajstić information content (AvgIpc) is 2.63. The van der Waals surface area contributed by atoms with Gasteiger partial charge in [-0.05, 0) is 37.0 Å². The third kappa shape index (κ3) is 2.64. The molecule has 0 aliphatic heterocycles. The molecule has 0 heterocycles. The topological polar surface area (TPSA) is 72.2 Å². The Balaban J connectivity index is 2.25. The summed E-state index contributed by atoms with van der Waals surface area (Å²) in [5.74, 6) is -0.220. The maximum atomic E-state index is 12.9. The maximum absolute atomic E-state index is 12.9. The molecule has 100 valence electrons. The van der Waals surface area contributed by atoms with Gasteiger partial charge in [0.15, 0.2) is 0 Å². The predicted octanol–water partition coefficient (Wildman–Crippen LogP) is 1.87. The summed E-state index contributed by atoms with van der Waals surface area (Å²) >= 11 is 0. The van der Waals surface area contributed by atoms with Crippen molar-refractivity contribution in [1.82, 2.24) is 4.72 Å². The molecule has 1 aliphatic carbocycles. The van der Waals surface area contributed by atoms with E-state index in [1.807, 2.05) is 6.92 Å². The molecule has 1 fully saturated rings. The lowest BCUT2D eigenvalue weighted by Gasteiger charge is -2.18. The molecular weight excluding hydrogens is 255 g/mol. The quantitative estimate of drug-likeness (QED) is 0.825. The first-order valence-electron chi connectivity index (χ1n) is 5.97. The molecule has 1 saturated carbocycles. The first kappa shape index (κ1) is 13.3. The van der Waals surface area contributed by atoms with Gasteiger partial charge in [-0.3, -0.25) is 0 Å². The van der Waals surface area contributed by atoms with Crippen molar-refractivity contribution < 1.29 is 12.8 Å². The van der Waals surface area contributed by atoms with E-state index >= 15 is 0 Å². The lowest BCUT2D eigenvalue weighted by atomic mass is 10.1. The lowest BCUT2D eigenvalue weighted by molar-refractivity contribution is 0.476. The minimum atomic E-state index is -3.67. The van der Waals surface area contributed by atoms with Crippen LogP contribution in [0.3, 0.4) is 0 Å². The molecule has 0 bridgehead atoms. The molecule has 2 atom stereocenters. The fraction of sp³-hybridized carbons (Fsp3) is 0.500. The second-order valence-corrected chi connectivity index (χ2v) is 6.50. The molecule has 0 spiro atoms. The SMILES string of the molecule is CC1CCCC1NS(=O)(=O)c1ccc(F)cc1N. The molecule has 6 heteroatoms. The minimum Gasteiger partial charge on any atom is -0.398 e. The number of anilines is 1. The summed E-state index contributed by atoms with van der Waals surface area (Å²) in [7, 11) is -3.67. The molecule has 1 aliphatic rings. The van der Waals surface area contributed by atoms with Gasteiger partial charge in [0.25, 0.3) is 0 Å². The van der Waals surface area contributed by atoms with Crippen LogP contribution in [0.4, 0.5) is 10.1 Å². The monoisotopic (exact) mass is 272 g/mol. The molecule has 4 nitrogen and oxygen atoms in total. The largest absolute Gasteiger partial charge is 0.398 e. The minimum absolute atomic E-state index is 0.0528. The van der Waals surface area contributed by atoms with Crippen LogP contribution in [0, 0.1) is 11.7 Å². The highest BCUT2D eigenvalue weighted by Crippen LogP contribution is 2.27. The zero-order valence-electron chi connectivity index (χ0n) is 10.2. The summed E-state index contributed by atoms with van der Waals surface area (Å²) in [6.07, 6.45) is 2.88. The van der Waals surface area contributed by atoms with Crippen molar-refractivity contribution in [2.45, 2.75) is 37.1 Å². The second kappa shape index (κ2) is 4.85. The fourth-order valence-electron chi connectivity index (χ4n) is 2.35. The first-order valence-corrected chi connectivity index (χ1v) is 7.46. The summed E-state index contributed by atoms with van der Waals surface area (Å²) in [5.41, 5.74) is 5.50. The number of nitrogen functional groups attached to an aromatic ring is 1. The van der Waals surface area contributed by atoms with Gasteiger partial charge in [0.05, 0.1) is 5.69 Å². The van der Waals surface area contributed by atoms with Gasteiger partial charge in [0, 0.05) is 6.04 Å². The van der Waals surface area contributed by atoms with Gasteiger partial charge in [0.1, 0.15) is 10.7 Å². The van der Waals surface area contributed by atoms with Crippen molar-refractivity contribution in [3.05, 3.63) is 24.0 Å². The van der Waals surface area contributed by atoms with Crippen LogP contribution in [0.5, 0.6) is 0 Å². The second-order valence-electron chi connectivity index (χ2n) is 4.82. The van der Waals surface area contributed by atoms with E-state index in [1.165, 1.54) is 6.07 Å². The third-order valence-electron chi connectivity index (χ3n) is 3.43. The first-order chi connectivity index (χ1) is 8.40. The van der Waals surface area contributed by atoms with Gasteiger partial charge < -0.3 is 5.73 Å². The standard InChI is InChI=1S/C12H17FN2O2S/c1-8-3-2-4-11(8)15-18(16,17)12-6-5-9(13)7-10(12)14/h5-8,11,15H,2-4,14H2,1H3. The smallest absolute Gasteiger partial charge is 0.242 e. The van der Waals surface area contributed by atoms with Crippen LogP contribution in [-0.4, -0.2) is 14.5 Å². The Kier molecular flexibility index (Phi) is 3.59. The Hall–Kier alpha value is -1.14. The summed E-state index contributed by atoms with van der Waals surface area (Å²) in [5, 5.41) is 0. The number of hydrogen-bond acceptors (Lipinski definition) is 3. The van der Waals surface area contributed by atoms with E-state index in [1.54, 1.807) is 0 Å². The van der Waals surface area contributed by atoms with Crippen LogP contribution < -0.4 is 10.5 Å². The lowest BCUT2D eigenvalue weighted by Crippen LogP contribution is -2.36. The van der Waals surface area contributed by atoms with Crippen LogP contribution in [-0.2, 0) is 10.0 Å². The third-order valence-corrected chi connectivity index (χ3v) is 4.99. The van der Waals surface area contributed by atoms with Crippen molar-refractivity contribution >= 4 is 15.7 Å². The van der Waals surface area contributed by atoms with Gasteiger partial charge in [-0.15, -0.1) is 0 Å². The molecule has 0 amide bonds. The molecule has 3 N–H and O–H groups in total. The predicted molar refractivity (Wildman–Crippen MR) is 67.9 cm³/mol. The number of hydrogen-bond donors (Lipinski definition) is 2. The van der Waals surface area contributed by atoms with E-state index in [0.717, 1.165) is 31.4 Å². The van der Waals surface area contributed by atoms with Gasteiger partial charge in [-0.1, -0.05) is 13.3 Å². The van der Waals surface area contributed by atoms with Crippen LogP contribution in [0.2, 0.25) is 0 Å². The van der Waals surface area contributed by atoms with Crippen molar-refractivity contribution in [1.29, 1.82) is 0 Å². The van der Waals surface area contributed by atoms with E-state index in [0.29, 0.717) is 5.92 Å².